The molecule has 29 heavy (non-hydrogen) atoms. The van der Waals surface area contributed by atoms with E-state index in [-0.39, 0.29) is 24.9 Å². The summed E-state index contributed by atoms with van der Waals surface area (Å²) in [5.41, 5.74) is 2.57. The third kappa shape index (κ3) is 5.78. The molecule has 0 bridgehead atoms. The Morgan fingerprint density at radius 2 is 1.76 bits per heavy atom. The minimum absolute atomic E-state index is 0.150. The largest absolute Gasteiger partial charge is 0.368 e. The Hall–Kier alpha value is -2.44. The maximum atomic E-state index is 12.4. The van der Waals surface area contributed by atoms with Crippen LogP contribution in [-0.4, -0.2) is 49.6 Å². The standard InChI is InChI=1S/C21H24Cl2N4O2/c1-15-18(23)6-3-7-19(15)25-20(28)8-9-24-21(29)27-12-10-26(11-13-27)17-5-2-4-16(22)14-17/h2-7,14H,8-13H2,1H3,(H,24,29)(H,25,28). The fourth-order valence-electron chi connectivity index (χ4n) is 3.19. The highest BCUT2D eigenvalue weighted by molar-refractivity contribution is 6.31. The monoisotopic (exact) mass is 434 g/mol. The first kappa shape index (κ1) is 21.3. The number of hydrogen-bond acceptors (Lipinski definition) is 3. The molecule has 8 heteroatoms. The molecule has 0 saturated carbocycles. The predicted octanol–water partition coefficient (Wildman–Crippen LogP) is 4.16. The fourth-order valence-corrected chi connectivity index (χ4v) is 3.55. The van der Waals surface area contributed by atoms with Crippen LogP contribution in [-0.2, 0) is 4.79 Å². The molecule has 1 heterocycles. The van der Waals surface area contributed by atoms with Gasteiger partial charge < -0.3 is 20.4 Å². The van der Waals surface area contributed by atoms with Crippen molar-refractivity contribution in [3.63, 3.8) is 0 Å². The summed E-state index contributed by atoms with van der Waals surface area (Å²) in [5.74, 6) is -0.165. The van der Waals surface area contributed by atoms with Crippen molar-refractivity contribution < 1.29 is 9.59 Å². The van der Waals surface area contributed by atoms with E-state index in [1.807, 2.05) is 31.2 Å². The summed E-state index contributed by atoms with van der Waals surface area (Å²) >= 11 is 12.1. The van der Waals surface area contributed by atoms with Crippen LogP contribution in [0.3, 0.4) is 0 Å². The molecule has 0 unspecified atom stereocenters. The van der Waals surface area contributed by atoms with Crippen LogP contribution in [0.4, 0.5) is 16.2 Å². The maximum Gasteiger partial charge on any atom is 0.317 e. The number of carbonyl (C=O) groups is 2. The highest BCUT2D eigenvalue weighted by Gasteiger charge is 2.21. The number of benzene rings is 2. The Kier molecular flexibility index (Phi) is 7.23. The van der Waals surface area contributed by atoms with E-state index in [2.05, 4.69) is 15.5 Å². The first-order valence-corrected chi connectivity index (χ1v) is 10.3. The van der Waals surface area contributed by atoms with Crippen LogP contribution in [0, 0.1) is 6.92 Å². The fraction of sp³-hybridized carbons (Fsp3) is 0.333. The third-order valence-corrected chi connectivity index (χ3v) is 5.55. The summed E-state index contributed by atoms with van der Waals surface area (Å²) in [6.45, 7) is 4.84. The highest BCUT2D eigenvalue weighted by atomic mass is 35.5. The van der Waals surface area contributed by atoms with Gasteiger partial charge in [0, 0.05) is 60.6 Å². The van der Waals surface area contributed by atoms with E-state index in [9.17, 15) is 9.59 Å². The van der Waals surface area contributed by atoms with Crippen molar-refractivity contribution in [1.82, 2.24) is 10.2 Å². The van der Waals surface area contributed by atoms with Gasteiger partial charge >= 0.3 is 6.03 Å². The van der Waals surface area contributed by atoms with E-state index < -0.39 is 0 Å². The Labute approximate surface area is 180 Å². The molecule has 0 aliphatic carbocycles. The topological polar surface area (TPSA) is 64.7 Å². The Morgan fingerprint density at radius 1 is 1.03 bits per heavy atom. The molecular weight excluding hydrogens is 411 g/mol. The molecule has 1 aliphatic rings. The molecule has 0 aromatic heterocycles. The smallest absolute Gasteiger partial charge is 0.317 e. The summed E-state index contributed by atoms with van der Waals surface area (Å²) in [5, 5.41) is 6.95. The van der Waals surface area contributed by atoms with Crippen LogP contribution in [0.1, 0.15) is 12.0 Å². The molecule has 2 aromatic carbocycles. The summed E-state index contributed by atoms with van der Waals surface area (Å²) in [6.07, 6.45) is 0.195. The van der Waals surface area contributed by atoms with Crippen LogP contribution in [0.25, 0.3) is 0 Å². The molecule has 2 aromatic rings. The first-order valence-electron chi connectivity index (χ1n) is 9.52. The Morgan fingerprint density at radius 3 is 2.48 bits per heavy atom. The zero-order valence-corrected chi connectivity index (χ0v) is 17.8. The highest BCUT2D eigenvalue weighted by Crippen LogP contribution is 2.23. The van der Waals surface area contributed by atoms with Gasteiger partial charge in [0.15, 0.2) is 0 Å². The van der Waals surface area contributed by atoms with Crippen molar-refractivity contribution in [2.75, 3.05) is 42.9 Å². The van der Waals surface area contributed by atoms with Crippen LogP contribution < -0.4 is 15.5 Å². The second kappa shape index (κ2) is 9.85. The number of rotatable bonds is 5. The lowest BCUT2D eigenvalue weighted by atomic mass is 10.2. The van der Waals surface area contributed by atoms with Crippen molar-refractivity contribution in [3.05, 3.63) is 58.1 Å². The van der Waals surface area contributed by atoms with Crippen molar-refractivity contribution in [2.45, 2.75) is 13.3 Å². The van der Waals surface area contributed by atoms with Gasteiger partial charge in [0.2, 0.25) is 5.91 Å². The van der Waals surface area contributed by atoms with Gasteiger partial charge in [0.05, 0.1) is 0 Å². The van der Waals surface area contributed by atoms with E-state index in [1.165, 1.54) is 0 Å². The quantitative estimate of drug-likeness (QED) is 0.742. The zero-order valence-electron chi connectivity index (χ0n) is 16.3. The third-order valence-electron chi connectivity index (χ3n) is 4.91. The Balaban J connectivity index is 1.40. The lowest BCUT2D eigenvalue weighted by Gasteiger charge is -2.36. The van der Waals surface area contributed by atoms with Crippen molar-refractivity contribution >= 4 is 46.5 Å². The van der Waals surface area contributed by atoms with E-state index in [0.717, 1.165) is 24.3 Å². The second-order valence-electron chi connectivity index (χ2n) is 6.90. The van der Waals surface area contributed by atoms with Gasteiger partial charge in [-0.05, 0) is 42.8 Å². The SMILES string of the molecule is Cc1c(Cl)cccc1NC(=O)CCNC(=O)N1CCN(c2cccc(Cl)c2)CC1. The number of urea groups is 1. The van der Waals surface area contributed by atoms with Gasteiger partial charge in [-0.15, -0.1) is 0 Å². The predicted molar refractivity (Wildman–Crippen MR) is 118 cm³/mol. The van der Waals surface area contributed by atoms with Crippen LogP contribution in [0.15, 0.2) is 42.5 Å². The average molecular weight is 435 g/mol. The molecule has 0 radical (unpaired) electrons. The maximum absolute atomic E-state index is 12.4. The van der Waals surface area contributed by atoms with Crippen LogP contribution in [0.5, 0.6) is 0 Å². The number of piperazine rings is 1. The van der Waals surface area contributed by atoms with Crippen LogP contribution in [0.2, 0.25) is 10.0 Å². The van der Waals surface area contributed by atoms with E-state index >= 15 is 0 Å². The summed E-state index contributed by atoms with van der Waals surface area (Å²) < 4.78 is 0. The average Bonchev–Trinajstić information content (AvgIpc) is 2.71. The van der Waals surface area contributed by atoms with Gasteiger partial charge in [-0.1, -0.05) is 35.3 Å². The Bertz CT molecular complexity index is 883. The number of hydrogen-bond donors (Lipinski definition) is 2. The molecular formula is C21H24Cl2N4O2. The van der Waals surface area contributed by atoms with Gasteiger partial charge in [0.25, 0.3) is 0 Å². The number of anilines is 2. The molecule has 154 valence electrons. The lowest BCUT2D eigenvalue weighted by Crippen LogP contribution is -2.52. The molecule has 3 rings (SSSR count). The lowest BCUT2D eigenvalue weighted by molar-refractivity contribution is -0.116. The molecule has 1 saturated heterocycles. The van der Waals surface area contributed by atoms with Crippen LogP contribution >= 0.6 is 23.2 Å². The zero-order chi connectivity index (χ0) is 20.8. The molecule has 0 spiro atoms. The molecule has 6 nitrogen and oxygen atoms in total. The van der Waals surface area contributed by atoms with Gasteiger partial charge in [0.1, 0.15) is 0 Å². The second-order valence-corrected chi connectivity index (χ2v) is 7.74. The number of nitrogens with one attached hydrogen (secondary N) is 2. The number of halogens is 2. The van der Waals surface area contributed by atoms with Crippen molar-refractivity contribution in [3.8, 4) is 0 Å². The van der Waals surface area contributed by atoms with Gasteiger partial charge in [-0.3, -0.25) is 4.79 Å². The van der Waals surface area contributed by atoms with E-state index in [4.69, 9.17) is 23.2 Å². The summed E-state index contributed by atoms with van der Waals surface area (Å²) in [7, 11) is 0. The van der Waals surface area contributed by atoms with E-state index in [1.54, 1.807) is 23.1 Å². The normalized spacial score (nSPS) is 13.9. The minimum atomic E-state index is -0.165. The first-order chi connectivity index (χ1) is 13.9. The number of nitrogens with zero attached hydrogens (tertiary/aromatic N) is 2. The summed E-state index contributed by atoms with van der Waals surface area (Å²) in [4.78, 5) is 28.5. The molecule has 1 fully saturated rings. The van der Waals surface area contributed by atoms with Crippen molar-refractivity contribution in [2.24, 2.45) is 0 Å². The molecule has 3 amide bonds. The van der Waals surface area contributed by atoms with E-state index in [0.29, 0.717) is 28.8 Å². The number of amides is 3. The minimum Gasteiger partial charge on any atom is -0.368 e. The number of carbonyl (C=O) groups excluding carboxylic acids is 2. The molecule has 0 atom stereocenters. The molecule has 2 N–H and O–H groups in total. The van der Waals surface area contributed by atoms with Gasteiger partial charge in [-0.2, -0.15) is 0 Å². The van der Waals surface area contributed by atoms with Crippen molar-refractivity contribution in [1.29, 1.82) is 0 Å². The summed E-state index contributed by atoms with van der Waals surface area (Å²) in [6, 6.07) is 12.9. The van der Waals surface area contributed by atoms with Gasteiger partial charge in [-0.25, -0.2) is 4.79 Å². The molecule has 1 aliphatic heterocycles.